The lowest BCUT2D eigenvalue weighted by Crippen LogP contribution is -2.28. The second-order valence-electron chi connectivity index (χ2n) is 4.76. The Balaban J connectivity index is 1.92. The van der Waals surface area contributed by atoms with E-state index in [2.05, 4.69) is 10.6 Å². The van der Waals surface area contributed by atoms with Crippen LogP contribution in [0.15, 0.2) is 18.2 Å². The molecule has 1 aromatic rings. The van der Waals surface area contributed by atoms with E-state index in [1.807, 2.05) is 6.92 Å². The fourth-order valence-corrected chi connectivity index (χ4v) is 1.96. The molecule has 0 bridgehead atoms. The Labute approximate surface area is 117 Å². The fraction of sp³-hybridized carbons (Fsp3) is 0.429. The van der Waals surface area contributed by atoms with Crippen LogP contribution in [0.25, 0.3) is 0 Å². The third-order valence-electron chi connectivity index (χ3n) is 3.01. The molecule has 0 saturated heterocycles. The van der Waals surface area contributed by atoms with Crippen molar-refractivity contribution in [3.63, 3.8) is 0 Å². The first kappa shape index (κ1) is 14.3. The van der Waals surface area contributed by atoms with Crippen LogP contribution in [-0.4, -0.2) is 42.6 Å². The fourth-order valence-electron chi connectivity index (χ4n) is 1.96. The molecule has 0 aromatic heterocycles. The van der Waals surface area contributed by atoms with E-state index >= 15 is 0 Å². The molecule has 6 heteroatoms. The number of fused-ring (bicyclic) bond motifs is 1. The van der Waals surface area contributed by atoms with E-state index in [0.717, 1.165) is 11.4 Å². The lowest BCUT2D eigenvalue weighted by atomic mass is 10.1. The smallest absolute Gasteiger partial charge is 0.304 e. The molecule has 0 aliphatic carbocycles. The van der Waals surface area contributed by atoms with Crippen LogP contribution in [-0.2, 0) is 4.79 Å². The van der Waals surface area contributed by atoms with Gasteiger partial charge in [0.1, 0.15) is 11.9 Å². The molecule has 0 saturated carbocycles. The molecular weight excluding hydrogens is 260 g/mol. The summed E-state index contributed by atoms with van der Waals surface area (Å²) in [5.41, 5.74) is 1.40. The van der Waals surface area contributed by atoms with E-state index in [0.29, 0.717) is 12.1 Å². The molecule has 20 heavy (non-hydrogen) atoms. The van der Waals surface area contributed by atoms with Crippen LogP contribution in [0, 0.1) is 0 Å². The van der Waals surface area contributed by atoms with Gasteiger partial charge in [0, 0.05) is 12.1 Å². The van der Waals surface area contributed by atoms with Crippen molar-refractivity contribution in [3.8, 4) is 5.75 Å². The minimum Gasteiger partial charge on any atom is -0.487 e. The molecular formula is C14H18N2O4. The second-order valence-corrected chi connectivity index (χ2v) is 4.76. The van der Waals surface area contributed by atoms with Crippen molar-refractivity contribution in [1.82, 2.24) is 5.32 Å². The van der Waals surface area contributed by atoms with Gasteiger partial charge in [-0.05, 0) is 25.1 Å². The Bertz CT molecular complexity index is 516. The molecule has 108 valence electrons. The van der Waals surface area contributed by atoms with Crippen molar-refractivity contribution < 1.29 is 19.4 Å². The maximum atomic E-state index is 12.0. The van der Waals surface area contributed by atoms with Gasteiger partial charge in [0.15, 0.2) is 5.78 Å². The van der Waals surface area contributed by atoms with Gasteiger partial charge in [0.05, 0.1) is 25.2 Å². The number of ketones is 1. The number of hydrogen-bond acceptors (Lipinski definition) is 5. The Kier molecular flexibility index (Phi) is 4.57. The molecule has 1 aromatic carbocycles. The first-order valence-corrected chi connectivity index (χ1v) is 6.56. The number of aliphatic carboxylic acids is 1. The number of carboxylic acids is 1. The number of Topliss-reactive ketones (excluding diaryl/α,β-unsaturated/α-hetero) is 1. The number of rotatable bonds is 6. The van der Waals surface area contributed by atoms with E-state index in [4.69, 9.17) is 9.84 Å². The molecule has 0 amide bonds. The summed E-state index contributed by atoms with van der Waals surface area (Å²) in [4.78, 5) is 22.3. The van der Waals surface area contributed by atoms with E-state index in [1.54, 1.807) is 18.2 Å². The average molecular weight is 278 g/mol. The van der Waals surface area contributed by atoms with Crippen LogP contribution < -0.4 is 15.4 Å². The highest BCUT2D eigenvalue weighted by Crippen LogP contribution is 2.29. The Morgan fingerprint density at radius 1 is 1.50 bits per heavy atom. The normalized spacial score (nSPS) is 16.8. The topological polar surface area (TPSA) is 87.7 Å². The number of hydrogen-bond donors (Lipinski definition) is 3. The Hall–Kier alpha value is -2.08. The number of carbonyl (C=O) groups excluding carboxylic acids is 1. The molecule has 1 aliphatic rings. The number of carboxylic acid groups (broad SMARTS) is 1. The summed E-state index contributed by atoms with van der Waals surface area (Å²) >= 11 is 0. The quantitative estimate of drug-likeness (QED) is 0.534. The molecule has 0 spiro atoms. The molecule has 1 unspecified atom stereocenters. The maximum absolute atomic E-state index is 12.0. The third kappa shape index (κ3) is 3.71. The Morgan fingerprint density at radius 3 is 3.05 bits per heavy atom. The molecule has 1 heterocycles. The van der Waals surface area contributed by atoms with Gasteiger partial charge < -0.3 is 20.5 Å². The van der Waals surface area contributed by atoms with Gasteiger partial charge in [-0.25, -0.2) is 0 Å². The molecule has 6 nitrogen and oxygen atoms in total. The van der Waals surface area contributed by atoms with Gasteiger partial charge in [-0.3, -0.25) is 9.59 Å². The van der Waals surface area contributed by atoms with Crippen molar-refractivity contribution in [2.45, 2.75) is 19.4 Å². The lowest BCUT2D eigenvalue weighted by Gasteiger charge is -2.25. The summed E-state index contributed by atoms with van der Waals surface area (Å²) in [5.74, 6) is -0.202. The van der Waals surface area contributed by atoms with Crippen LogP contribution in [0.4, 0.5) is 5.69 Å². The average Bonchev–Trinajstić information content (AvgIpc) is 2.42. The van der Waals surface area contributed by atoms with E-state index in [9.17, 15) is 9.59 Å². The summed E-state index contributed by atoms with van der Waals surface area (Å²) in [6, 6.07) is 5.27. The van der Waals surface area contributed by atoms with Crippen molar-refractivity contribution in [1.29, 1.82) is 0 Å². The molecule has 0 fully saturated rings. The highest BCUT2D eigenvalue weighted by molar-refractivity contribution is 5.98. The summed E-state index contributed by atoms with van der Waals surface area (Å²) in [6.45, 7) is 3.09. The predicted octanol–water partition coefficient (Wildman–Crippen LogP) is 1.13. The predicted molar refractivity (Wildman–Crippen MR) is 74.5 cm³/mol. The third-order valence-corrected chi connectivity index (χ3v) is 3.01. The highest BCUT2D eigenvalue weighted by atomic mass is 16.5. The monoisotopic (exact) mass is 278 g/mol. The van der Waals surface area contributed by atoms with Gasteiger partial charge in [-0.15, -0.1) is 0 Å². The number of anilines is 1. The van der Waals surface area contributed by atoms with Gasteiger partial charge in [0.2, 0.25) is 0 Å². The van der Waals surface area contributed by atoms with Crippen LogP contribution in [0.1, 0.15) is 23.7 Å². The summed E-state index contributed by atoms with van der Waals surface area (Å²) in [5, 5.41) is 14.5. The number of carbonyl (C=O) groups is 2. The molecule has 1 aliphatic heterocycles. The zero-order chi connectivity index (χ0) is 14.5. The first-order chi connectivity index (χ1) is 9.56. The van der Waals surface area contributed by atoms with E-state index in [-0.39, 0.29) is 31.4 Å². The largest absolute Gasteiger partial charge is 0.487 e. The Morgan fingerprint density at radius 2 is 2.30 bits per heavy atom. The van der Waals surface area contributed by atoms with E-state index < -0.39 is 5.97 Å². The summed E-state index contributed by atoms with van der Waals surface area (Å²) in [7, 11) is 0. The van der Waals surface area contributed by atoms with Crippen LogP contribution >= 0.6 is 0 Å². The number of nitrogens with one attached hydrogen (secondary N) is 2. The van der Waals surface area contributed by atoms with Crippen molar-refractivity contribution >= 4 is 17.4 Å². The standard InChI is InChI=1S/C14H18N2O4/c1-9-7-16-11-6-10(2-3-13(11)20-9)12(17)8-15-5-4-14(18)19/h2-3,6,9,15-16H,4-5,7-8H2,1H3,(H,18,19). The summed E-state index contributed by atoms with van der Waals surface area (Å²) < 4.78 is 5.64. The van der Waals surface area contributed by atoms with Crippen molar-refractivity contribution in [2.24, 2.45) is 0 Å². The van der Waals surface area contributed by atoms with Gasteiger partial charge in [0.25, 0.3) is 0 Å². The minimum atomic E-state index is -0.880. The molecule has 2 rings (SSSR count). The van der Waals surface area contributed by atoms with Gasteiger partial charge >= 0.3 is 5.97 Å². The maximum Gasteiger partial charge on any atom is 0.304 e. The zero-order valence-corrected chi connectivity index (χ0v) is 11.3. The number of benzene rings is 1. The highest BCUT2D eigenvalue weighted by Gasteiger charge is 2.17. The van der Waals surface area contributed by atoms with Crippen molar-refractivity contribution in [2.75, 3.05) is 25.0 Å². The zero-order valence-electron chi connectivity index (χ0n) is 11.3. The lowest BCUT2D eigenvalue weighted by molar-refractivity contribution is -0.136. The minimum absolute atomic E-state index is 0.00471. The van der Waals surface area contributed by atoms with Crippen LogP contribution in [0.5, 0.6) is 5.75 Å². The molecule has 1 atom stereocenters. The number of ether oxygens (including phenoxy) is 1. The first-order valence-electron chi connectivity index (χ1n) is 6.56. The SMILES string of the molecule is CC1CNc2cc(C(=O)CNCCC(=O)O)ccc2O1. The van der Waals surface area contributed by atoms with E-state index in [1.165, 1.54) is 0 Å². The van der Waals surface area contributed by atoms with Gasteiger partial charge in [-0.2, -0.15) is 0 Å². The van der Waals surface area contributed by atoms with Crippen LogP contribution in [0.2, 0.25) is 0 Å². The van der Waals surface area contributed by atoms with Crippen LogP contribution in [0.3, 0.4) is 0 Å². The molecule has 3 N–H and O–H groups in total. The van der Waals surface area contributed by atoms with Gasteiger partial charge in [-0.1, -0.05) is 0 Å². The van der Waals surface area contributed by atoms with Crippen molar-refractivity contribution in [3.05, 3.63) is 23.8 Å². The summed E-state index contributed by atoms with van der Waals surface area (Å²) in [6.07, 6.45) is 0.117. The second kappa shape index (κ2) is 6.38. The molecule has 0 radical (unpaired) electrons.